The van der Waals surface area contributed by atoms with Crippen LogP contribution in [0.3, 0.4) is 0 Å². The molecule has 2 aromatic rings. The van der Waals surface area contributed by atoms with Gasteiger partial charge in [0, 0.05) is 50.9 Å². The van der Waals surface area contributed by atoms with Crippen LogP contribution in [-0.2, 0) is 29.0 Å². The number of alkyl halides is 6. The molecule has 1 aliphatic rings. The summed E-state index contributed by atoms with van der Waals surface area (Å²) >= 11 is 0. The lowest BCUT2D eigenvalue weighted by molar-refractivity contribution is -0.193. The first-order valence-electron chi connectivity index (χ1n) is 12.5. The van der Waals surface area contributed by atoms with Crippen molar-refractivity contribution >= 4 is 23.7 Å². The topological polar surface area (TPSA) is 158 Å². The number of carbonyl (C=O) groups is 3. The number of aryl methyl sites for hydroxylation is 2. The van der Waals surface area contributed by atoms with Gasteiger partial charge in [-0.3, -0.25) is 9.69 Å². The van der Waals surface area contributed by atoms with E-state index in [2.05, 4.69) is 34.5 Å². The second kappa shape index (κ2) is 15.4. The minimum absolute atomic E-state index is 0.0987. The largest absolute Gasteiger partial charge is 0.490 e. The molecule has 2 aromatic heterocycles. The molecule has 0 radical (unpaired) electrons. The lowest BCUT2D eigenvalue weighted by atomic mass is 10.0. The molecular formula is C25H33F6N5O6. The molecule has 42 heavy (non-hydrogen) atoms. The number of amides is 1. The van der Waals surface area contributed by atoms with Crippen LogP contribution >= 0.6 is 0 Å². The number of halogens is 6. The van der Waals surface area contributed by atoms with Crippen molar-refractivity contribution in [2.75, 3.05) is 32.0 Å². The third-order valence-corrected chi connectivity index (χ3v) is 5.75. The van der Waals surface area contributed by atoms with Crippen molar-refractivity contribution in [1.29, 1.82) is 0 Å². The van der Waals surface area contributed by atoms with Crippen LogP contribution in [0.5, 0.6) is 0 Å². The number of carbonyl (C=O) groups excluding carboxylic acids is 1. The van der Waals surface area contributed by atoms with E-state index >= 15 is 0 Å². The van der Waals surface area contributed by atoms with Crippen LogP contribution in [0.4, 0.5) is 32.2 Å². The van der Waals surface area contributed by atoms with Gasteiger partial charge in [-0.05, 0) is 37.8 Å². The van der Waals surface area contributed by atoms with Crippen molar-refractivity contribution in [3.05, 3.63) is 39.9 Å². The number of nitrogens with zero attached hydrogens (tertiary/aromatic N) is 3. The van der Waals surface area contributed by atoms with Gasteiger partial charge in [-0.15, -0.1) is 0 Å². The van der Waals surface area contributed by atoms with Crippen molar-refractivity contribution in [2.24, 2.45) is 5.92 Å². The summed E-state index contributed by atoms with van der Waals surface area (Å²) < 4.78 is 68.8. The minimum atomic E-state index is -5.08. The molecule has 0 saturated heterocycles. The zero-order valence-electron chi connectivity index (χ0n) is 23.5. The quantitative estimate of drug-likeness (QED) is 0.351. The van der Waals surface area contributed by atoms with Crippen LogP contribution in [0, 0.1) is 19.8 Å². The molecule has 0 unspecified atom stereocenters. The standard InChI is InChI=1S/C21H31N5O2.2C2HF3O2/c1-13(2)11-23-20-17(21(27)22-5)10-16-6-8-26(9-7-19(16)24-20)12-18-14(3)25-28-15(18)4;2*3-2(4,5)1(6)7/h10,13H,6-9,11-12H2,1-5H3,(H,22,27)(H,23,24);2*(H,6,7). The summed E-state index contributed by atoms with van der Waals surface area (Å²) in [5, 5.41) is 24.4. The first-order valence-corrected chi connectivity index (χ1v) is 12.5. The fraction of sp³-hybridized carbons (Fsp3) is 0.560. The molecule has 11 nitrogen and oxygen atoms in total. The Balaban J connectivity index is 0.000000522. The monoisotopic (exact) mass is 613 g/mol. The van der Waals surface area contributed by atoms with E-state index in [1.54, 1.807) is 7.05 Å². The number of pyridine rings is 1. The molecule has 1 aliphatic heterocycles. The van der Waals surface area contributed by atoms with Gasteiger partial charge in [0.05, 0.1) is 11.3 Å². The van der Waals surface area contributed by atoms with Crippen molar-refractivity contribution in [3.8, 4) is 0 Å². The molecule has 0 aromatic carbocycles. The first-order chi connectivity index (χ1) is 19.3. The Morgan fingerprint density at radius 3 is 1.98 bits per heavy atom. The predicted octanol–water partition coefficient (Wildman–Crippen LogP) is 3.98. The number of carboxylic acids is 2. The van der Waals surface area contributed by atoms with E-state index in [1.165, 1.54) is 5.56 Å². The van der Waals surface area contributed by atoms with Crippen LogP contribution in [0.25, 0.3) is 0 Å². The molecule has 1 amide bonds. The summed E-state index contributed by atoms with van der Waals surface area (Å²) in [6.07, 6.45) is -8.43. The number of carboxylic acid groups (broad SMARTS) is 2. The molecule has 0 spiro atoms. The summed E-state index contributed by atoms with van der Waals surface area (Å²) in [4.78, 5) is 37.4. The summed E-state index contributed by atoms with van der Waals surface area (Å²) in [5.41, 5.74) is 5.00. The number of hydrogen-bond donors (Lipinski definition) is 4. The Morgan fingerprint density at radius 2 is 1.55 bits per heavy atom. The lowest BCUT2D eigenvalue weighted by Crippen LogP contribution is -2.26. The average molecular weight is 614 g/mol. The minimum Gasteiger partial charge on any atom is -0.475 e. The third-order valence-electron chi connectivity index (χ3n) is 5.75. The van der Waals surface area contributed by atoms with E-state index in [1.807, 2.05) is 19.9 Å². The van der Waals surface area contributed by atoms with E-state index in [9.17, 15) is 31.1 Å². The molecule has 236 valence electrons. The molecule has 0 bridgehead atoms. The molecule has 0 atom stereocenters. The molecule has 3 heterocycles. The molecule has 0 aliphatic carbocycles. The molecule has 0 saturated carbocycles. The molecular weight excluding hydrogens is 580 g/mol. The van der Waals surface area contributed by atoms with Crippen molar-refractivity contribution in [3.63, 3.8) is 0 Å². The van der Waals surface area contributed by atoms with E-state index in [0.29, 0.717) is 17.3 Å². The summed E-state index contributed by atoms with van der Waals surface area (Å²) in [7, 11) is 1.66. The van der Waals surface area contributed by atoms with Gasteiger partial charge in [0.15, 0.2) is 0 Å². The highest BCUT2D eigenvalue weighted by Gasteiger charge is 2.38. The van der Waals surface area contributed by atoms with Gasteiger partial charge in [0.1, 0.15) is 11.6 Å². The smallest absolute Gasteiger partial charge is 0.475 e. The highest BCUT2D eigenvalue weighted by Crippen LogP contribution is 2.24. The maximum absolute atomic E-state index is 12.4. The number of rotatable bonds is 6. The SMILES string of the molecule is CNC(=O)c1cc2c(nc1NCC(C)C)CCN(Cc1c(C)noc1C)CC2.O=C(O)C(F)(F)F.O=C(O)C(F)(F)F. The van der Waals surface area contributed by atoms with Gasteiger partial charge < -0.3 is 25.4 Å². The Bertz CT molecular complexity index is 1190. The highest BCUT2D eigenvalue weighted by atomic mass is 19.4. The third kappa shape index (κ3) is 11.5. The summed E-state index contributed by atoms with van der Waals surface area (Å²) in [5.74, 6) is -3.56. The van der Waals surface area contributed by atoms with Crippen LogP contribution < -0.4 is 10.6 Å². The van der Waals surface area contributed by atoms with Crippen molar-refractivity contribution < 1.29 is 55.5 Å². The highest BCUT2D eigenvalue weighted by molar-refractivity contribution is 5.98. The Hall–Kier alpha value is -3.89. The lowest BCUT2D eigenvalue weighted by Gasteiger charge is -2.19. The van der Waals surface area contributed by atoms with Crippen LogP contribution in [0.15, 0.2) is 10.6 Å². The number of nitrogens with one attached hydrogen (secondary N) is 2. The van der Waals surface area contributed by atoms with Gasteiger partial charge in [-0.1, -0.05) is 19.0 Å². The Morgan fingerprint density at radius 1 is 1.02 bits per heavy atom. The number of aromatic nitrogens is 2. The number of anilines is 1. The zero-order valence-corrected chi connectivity index (χ0v) is 23.5. The predicted molar refractivity (Wildman–Crippen MR) is 137 cm³/mol. The second-order valence-electron chi connectivity index (χ2n) is 9.53. The summed E-state index contributed by atoms with van der Waals surface area (Å²) in [6, 6.07) is 2.02. The average Bonchev–Trinajstić information content (AvgIpc) is 3.07. The maximum Gasteiger partial charge on any atom is 0.490 e. The van der Waals surface area contributed by atoms with E-state index in [0.717, 1.165) is 61.7 Å². The second-order valence-corrected chi connectivity index (χ2v) is 9.53. The molecule has 17 heteroatoms. The maximum atomic E-state index is 12.4. The molecule has 0 fully saturated rings. The Labute approximate surface area is 237 Å². The fourth-order valence-corrected chi connectivity index (χ4v) is 3.53. The number of fused-ring (bicyclic) bond motifs is 1. The number of hydrogen-bond acceptors (Lipinski definition) is 8. The van der Waals surface area contributed by atoms with Gasteiger partial charge in [-0.25, -0.2) is 14.6 Å². The Kier molecular flexibility index (Phi) is 13.2. The number of aliphatic carboxylic acids is 2. The summed E-state index contributed by atoms with van der Waals surface area (Å²) in [6.45, 7) is 11.7. The van der Waals surface area contributed by atoms with Crippen LogP contribution in [-0.4, -0.2) is 82.1 Å². The first kappa shape index (κ1) is 36.1. The van der Waals surface area contributed by atoms with Crippen LogP contribution in [0.1, 0.15) is 52.5 Å². The fourth-order valence-electron chi connectivity index (χ4n) is 3.53. The van der Waals surface area contributed by atoms with Gasteiger partial charge in [-0.2, -0.15) is 26.3 Å². The van der Waals surface area contributed by atoms with Crippen molar-refractivity contribution in [1.82, 2.24) is 20.4 Å². The van der Waals surface area contributed by atoms with Crippen LogP contribution in [0.2, 0.25) is 0 Å². The molecule has 3 rings (SSSR count). The van der Waals surface area contributed by atoms with Gasteiger partial charge in [0.25, 0.3) is 5.91 Å². The van der Waals surface area contributed by atoms with E-state index in [4.69, 9.17) is 29.3 Å². The molecule has 4 N–H and O–H groups in total. The van der Waals surface area contributed by atoms with E-state index in [-0.39, 0.29) is 5.91 Å². The van der Waals surface area contributed by atoms with Crippen molar-refractivity contribution in [2.45, 2.75) is 59.4 Å². The van der Waals surface area contributed by atoms with Gasteiger partial charge in [0.2, 0.25) is 0 Å². The van der Waals surface area contributed by atoms with Gasteiger partial charge >= 0.3 is 24.3 Å². The van der Waals surface area contributed by atoms with E-state index < -0.39 is 24.3 Å². The normalized spacial score (nSPS) is 13.5. The zero-order chi connectivity index (χ0) is 32.4.